The van der Waals surface area contributed by atoms with Gasteiger partial charge in [0.2, 0.25) is 0 Å². The van der Waals surface area contributed by atoms with Gasteiger partial charge in [0.25, 0.3) is 0 Å². The van der Waals surface area contributed by atoms with Crippen LogP contribution in [0.3, 0.4) is 0 Å². The van der Waals surface area contributed by atoms with Crippen molar-refractivity contribution in [3.63, 3.8) is 0 Å². The number of nitrogens with two attached hydrogens (primary N) is 1. The summed E-state index contributed by atoms with van der Waals surface area (Å²) in [6, 6.07) is 2.45. The van der Waals surface area contributed by atoms with Crippen LogP contribution in [0.4, 0.5) is 0 Å². The van der Waals surface area contributed by atoms with Crippen molar-refractivity contribution in [1.82, 2.24) is 0 Å². The van der Waals surface area contributed by atoms with Crippen molar-refractivity contribution < 1.29 is 0 Å². The van der Waals surface area contributed by atoms with Crippen molar-refractivity contribution in [3.05, 3.63) is 21.9 Å². The van der Waals surface area contributed by atoms with Gasteiger partial charge in [-0.2, -0.15) is 0 Å². The fraction of sp³-hybridized carbons (Fsp3) is 0.636. The Balaban J connectivity index is 2.11. The molecule has 1 saturated carbocycles. The minimum absolute atomic E-state index is 0.263. The zero-order chi connectivity index (χ0) is 9.42. The minimum atomic E-state index is 0.263. The Bertz CT molecular complexity index is 288. The van der Waals surface area contributed by atoms with Gasteiger partial charge >= 0.3 is 0 Å². The van der Waals surface area contributed by atoms with Gasteiger partial charge in [-0.1, -0.05) is 6.92 Å². The molecule has 72 valence electrons. The van der Waals surface area contributed by atoms with Gasteiger partial charge in [0.05, 0.1) is 0 Å². The Morgan fingerprint density at radius 1 is 1.54 bits per heavy atom. The summed E-state index contributed by atoms with van der Waals surface area (Å²) >= 11 is 1.80. The number of aryl methyl sites for hydroxylation is 1. The Morgan fingerprint density at radius 3 is 2.69 bits per heavy atom. The molecule has 0 bridgehead atoms. The van der Waals surface area contributed by atoms with E-state index in [1.165, 1.54) is 23.3 Å². The van der Waals surface area contributed by atoms with Crippen molar-refractivity contribution >= 4 is 11.3 Å². The zero-order valence-corrected chi connectivity index (χ0v) is 9.10. The molecule has 1 aromatic rings. The molecule has 1 aliphatic carbocycles. The first-order valence-corrected chi connectivity index (χ1v) is 5.87. The average Bonchev–Trinajstić information content (AvgIpc) is 2.87. The summed E-state index contributed by atoms with van der Waals surface area (Å²) in [7, 11) is 0. The molecule has 13 heavy (non-hydrogen) atoms. The van der Waals surface area contributed by atoms with Crippen LogP contribution < -0.4 is 5.73 Å². The lowest BCUT2D eigenvalue weighted by atomic mass is 9.92. The van der Waals surface area contributed by atoms with Gasteiger partial charge in [-0.25, -0.2) is 0 Å². The highest BCUT2D eigenvalue weighted by Gasteiger charge is 2.32. The number of thiophene rings is 1. The van der Waals surface area contributed by atoms with Crippen LogP contribution in [0.15, 0.2) is 11.4 Å². The Kier molecular flexibility index (Phi) is 2.43. The molecule has 0 radical (unpaired) electrons. The summed E-state index contributed by atoms with van der Waals surface area (Å²) in [4.78, 5) is 1.39. The second-order valence-corrected chi connectivity index (χ2v) is 5.27. The van der Waals surface area contributed by atoms with E-state index in [2.05, 4.69) is 25.3 Å². The fourth-order valence-electron chi connectivity index (χ4n) is 1.94. The molecule has 0 aliphatic heterocycles. The number of hydrogen-bond acceptors (Lipinski definition) is 2. The van der Waals surface area contributed by atoms with Gasteiger partial charge in [0.1, 0.15) is 0 Å². The predicted octanol–water partition coefficient (Wildman–Crippen LogP) is 3.10. The molecule has 1 nitrogen and oxygen atoms in total. The smallest absolute Gasteiger partial charge is 0.0334 e. The maximum atomic E-state index is 6.23. The van der Waals surface area contributed by atoms with Crippen LogP contribution in [0.1, 0.15) is 36.2 Å². The van der Waals surface area contributed by atoms with E-state index in [1.807, 2.05) is 0 Å². The minimum Gasteiger partial charge on any atom is -0.324 e. The van der Waals surface area contributed by atoms with E-state index in [1.54, 1.807) is 11.3 Å². The lowest BCUT2D eigenvalue weighted by molar-refractivity contribution is 0.417. The third-order valence-corrected chi connectivity index (χ3v) is 4.05. The van der Waals surface area contributed by atoms with E-state index < -0.39 is 0 Å². The van der Waals surface area contributed by atoms with E-state index in [0.29, 0.717) is 5.92 Å². The Labute approximate surface area is 84.0 Å². The third kappa shape index (κ3) is 1.79. The molecular formula is C11H17NS. The van der Waals surface area contributed by atoms with Gasteiger partial charge in [-0.3, -0.25) is 0 Å². The van der Waals surface area contributed by atoms with Crippen LogP contribution in [0, 0.1) is 18.8 Å². The zero-order valence-electron chi connectivity index (χ0n) is 8.29. The predicted molar refractivity (Wildman–Crippen MR) is 57.9 cm³/mol. The van der Waals surface area contributed by atoms with Crippen LogP contribution in [0.2, 0.25) is 0 Å². The molecule has 1 aliphatic rings. The van der Waals surface area contributed by atoms with Gasteiger partial charge in [0, 0.05) is 10.9 Å². The maximum Gasteiger partial charge on any atom is 0.0334 e. The lowest BCUT2D eigenvalue weighted by Crippen LogP contribution is -2.20. The SMILES string of the molecule is Cc1sccc1C(N)C(C)C1CC1. The topological polar surface area (TPSA) is 26.0 Å². The Morgan fingerprint density at radius 2 is 2.23 bits per heavy atom. The van der Waals surface area contributed by atoms with Crippen molar-refractivity contribution in [1.29, 1.82) is 0 Å². The summed E-state index contributed by atoms with van der Waals surface area (Å²) in [6.07, 6.45) is 2.77. The van der Waals surface area contributed by atoms with Crippen molar-refractivity contribution in [2.45, 2.75) is 32.7 Å². The van der Waals surface area contributed by atoms with E-state index in [-0.39, 0.29) is 6.04 Å². The average molecular weight is 195 g/mol. The molecule has 0 saturated heterocycles. The molecule has 0 aromatic carbocycles. The number of rotatable bonds is 3. The summed E-state index contributed by atoms with van der Waals surface area (Å²) in [5.41, 5.74) is 7.60. The highest BCUT2D eigenvalue weighted by atomic mass is 32.1. The first-order chi connectivity index (χ1) is 6.20. The monoisotopic (exact) mass is 195 g/mol. The molecule has 2 heteroatoms. The molecule has 0 spiro atoms. The van der Waals surface area contributed by atoms with Crippen molar-refractivity contribution in [3.8, 4) is 0 Å². The first kappa shape index (κ1) is 9.22. The molecule has 2 unspecified atom stereocenters. The highest BCUT2D eigenvalue weighted by Crippen LogP contribution is 2.42. The quantitative estimate of drug-likeness (QED) is 0.788. The lowest BCUT2D eigenvalue weighted by Gasteiger charge is -2.19. The molecule has 1 aromatic heterocycles. The van der Waals surface area contributed by atoms with Gasteiger partial charge in [0.15, 0.2) is 0 Å². The van der Waals surface area contributed by atoms with E-state index in [0.717, 1.165) is 5.92 Å². The molecular weight excluding hydrogens is 178 g/mol. The van der Waals surface area contributed by atoms with Crippen molar-refractivity contribution in [2.75, 3.05) is 0 Å². The molecule has 2 rings (SSSR count). The summed E-state index contributed by atoms with van der Waals surface area (Å²) in [6.45, 7) is 4.46. The van der Waals surface area contributed by atoms with Crippen LogP contribution >= 0.6 is 11.3 Å². The standard InChI is InChI=1S/C11H17NS/c1-7(9-3-4-9)11(12)10-5-6-13-8(10)2/h5-7,9,11H,3-4,12H2,1-2H3. The third-order valence-electron chi connectivity index (χ3n) is 3.19. The Hall–Kier alpha value is -0.340. The normalized spacial score (nSPS) is 21.5. The molecule has 2 N–H and O–H groups in total. The highest BCUT2D eigenvalue weighted by molar-refractivity contribution is 7.10. The van der Waals surface area contributed by atoms with Crippen molar-refractivity contribution in [2.24, 2.45) is 17.6 Å². The van der Waals surface area contributed by atoms with E-state index in [4.69, 9.17) is 5.73 Å². The summed E-state index contributed by atoms with van der Waals surface area (Å²) in [5.74, 6) is 1.56. The summed E-state index contributed by atoms with van der Waals surface area (Å²) in [5, 5.41) is 2.14. The van der Waals surface area contributed by atoms with Gasteiger partial charge in [-0.05, 0) is 48.6 Å². The van der Waals surface area contributed by atoms with Crippen LogP contribution in [0.5, 0.6) is 0 Å². The fourth-order valence-corrected chi connectivity index (χ4v) is 2.70. The molecule has 2 atom stereocenters. The molecule has 1 fully saturated rings. The first-order valence-electron chi connectivity index (χ1n) is 4.99. The second kappa shape index (κ2) is 3.43. The van der Waals surface area contributed by atoms with Crippen LogP contribution in [-0.2, 0) is 0 Å². The van der Waals surface area contributed by atoms with E-state index in [9.17, 15) is 0 Å². The number of hydrogen-bond donors (Lipinski definition) is 1. The molecule has 1 heterocycles. The van der Waals surface area contributed by atoms with Gasteiger partial charge < -0.3 is 5.73 Å². The van der Waals surface area contributed by atoms with E-state index >= 15 is 0 Å². The van der Waals surface area contributed by atoms with Crippen LogP contribution in [-0.4, -0.2) is 0 Å². The summed E-state index contributed by atoms with van der Waals surface area (Å²) < 4.78 is 0. The molecule has 0 amide bonds. The second-order valence-electron chi connectivity index (χ2n) is 4.15. The largest absolute Gasteiger partial charge is 0.324 e. The van der Waals surface area contributed by atoms with Crippen LogP contribution in [0.25, 0.3) is 0 Å². The van der Waals surface area contributed by atoms with Gasteiger partial charge in [-0.15, -0.1) is 11.3 Å². The maximum absolute atomic E-state index is 6.23.